The van der Waals surface area contributed by atoms with Crippen LogP contribution in [0.1, 0.15) is 32.0 Å². The maximum atomic E-state index is 9.08. The summed E-state index contributed by atoms with van der Waals surface area (Å²) >= 11 is 0. The SMILES string of the molecule is CCNc1cc(N2CCCC(CCO)C2)nc(C)n1. The molecule has 0 bridgehead atoms. The summed E-state index contributed by atoms with van der Waals surface area (Å²) in [6, 6.07) is 2.03. The molecule has 1 unspecified atom stereocenters. The number of aliphatic hydroxyl groups excluding tert-OH is 1. The van der Waals surface area contributed by atoms with E-state index in [2.05, 4.69) is 27.1 Å². The molecule has 1 aromatic rings. The largest absolute Gasteiger partial charge is 0.396 e. The van der Waals surface area contributed by atoms with Crippen molar-refractivity contribution >= 4 is 11.6 Å². The van der Waals surface area contributed by atoms with Crippen LogP contribution in [-0.2, 0) is 0 Å². The van der Waals surface area contributed by atoms with E-state index >= 15 is 0 Å². The first-order valence-corrected chi connectivity index (χ1v) is 7.18. The molecule has 2 heterocycles. The Hall–Kier alpha value is -1.36. The Balaban J connectivity index is 2.11. The maximum absolute atomic E-state index is 9.08. The molecule has 1 aliphatic rings. The Bertz CT molecular complexity index is 408. The summed E-state index contributed by atoms with van der Waals surface area (Å²) in [5, 5.41) is 12.3. The first kappa shape index (κ1) is 14.1. The molecule has 19 heavy (non-hydrogen) atoms. The van der Waals surface area contributed by atoms with Crippen molar-refractivity contribution in [3.8, 4) is 0 Å². The van der Waals surface area contributed by atoms with E-state index in [1.165, 1.54) is 12.8 Å². The van der Waals surface area contributed by atoms with Crippen LogP contribution in [0.25, 0.3) is 0 Å². The van der Waals surface area contributed by atoms with Crippen molar-refractivity contribution in [2.75, 3.05) is 36.5 Å². The zero-order valence-corrected chi connectivity index (χ0v) is 11.9. The van der Waals surface area contributed by atoms with Crippen LogP contribution in [0.2, 0.25) is 0 Å². The zero-order chi connectivity index (χ0) is 13.7. The number of rotatable bonds is 5. The fourth-order valence-corrected chi connectivity index (χ4v) is 2.68. The minimum Gasteiger partial charge on any atom is -0.396 e. The van der Waals surface area contributed by atoms with Crippen molar-refractivity contribution in [1.82, 2.24) is 9.97 Å². The number of hydrogen-bond donors (Lipinski definition) is 2. The van der Waals surface area contributed by atoms with Crippen molar-refractivity contribution in [2.24, 2.45) is 5.92 Å². The molecule has 0 aromatic carbocycles. The highest BCUT2D eigenvalue weighted by atomic mass is 16.3. The lowest BCUT2D eigenvalue weighted by molar-refractivity contribution is 0.244. The summed E-state index contributed by atoms with van der Waals surface area (Å²) in [6.07, 6.45) is 3.27. The number of anilines is 2. The van der Waals surface area contributed by atoms with Crippen molar-refractivity contribution in [3.05, 3.63) is 11.9 Å². The van der Waals surface area contributed by atoms with Gasteiger partial charge in [-0.2, -0.15) is 0 Å². The van der Waals surface area contributed by atoms with Crippen LogP contribution in [0.15, 0.2) is 6.07 Å². The van der Waals surface area contributed by atoms with E-state index in [9.17, 15) is 0 Å². The molecule has 2 N–H and O–H groups in total. The molecule has 106 valence electrons. The normalized spacial score (nSPS) is 19.5. The Morgan fingerprint density at radius 1 is 1.47 bits per heavy atom. The number of aliphatic hydroxyl groups is 1. The van der Waals surface area contributed by atoms with Crippen molar-refractivity contribution in [3.63, 3.8) is 0 Å². The third kappa shape index (κ3) is 3.80. The van der Waals surface area contributed by atoms with Gasteiger partial charge in [0.25, 0.3) is 0 Å². The van der Waals surface area contributed by atoms with Gasteiger partial charge in [0.1, 0.15) is 17.5 Å². The average molecular weight is 264 g/mol. The zero-order valence-electron chi connectivity index (χ0n) is 11.9. The number of nitrogens with one attached hydrogen (secondary N) is 1. The summed E-state index contributed by atoms with van der Waals surface area (Å²) in [5.74, 6) is 3.29. The molecule has 1 saturated heterocycles. The lowest BCUT2D eigenvalue weighted by Gasteiger charge is -2.33. The summed E-state index contributed by atoms with van der Waals surface area (Å²) in [5.41, 5.74) is 0. The lowest BCUT2D eigenvalue weighted by atomic mass is 9.95. The number of nitrogens with zero attached hydrogens (tertiary/aromatic N) is 3. The molecule has 0 aliphatic carbocycles. The van der Waals surface area contributed by atoms with Crippen LogP contribution in [0.5, 0.6) is 0 Å². The summed E-state index contributed by atoms with van der Waals surface area (Å²) in [6.45, 7) is 7.17. The summed E-state index contributed by atoms with van der Waals surface area (Å²) < 4.78 is 0. The molecule has 5 nitrogen and oxygen atoms in total. The molecule has 1 aromatic heterocycles. The number of aromatic nitrogens is 2. The molecule has 0 radical (unpaired) electrons. The van der Waals surface area contributed by atoms with E-state index in [4.69, 9.17) is 5.11 Å². The molecular formula is C14H24N4O. The van der Waals surface area contributed by atoms with E-state index < -0.39 is 0 Å². The van der Waals surface area contributed by atoms with Gasteiger partial charge in [-0.05, 0) is 39.0 Å². The Labute approximate surface area is 115 Å². The number of aryl methyl sites for hydroxylation is 1. The Morgan fingerprint density at radius 3 is 3.05 bits per heavy atom. The standard InChI is InChI=1S/C14H24N4O/c1-3-15-13-9-14(17-11(2)16-13)18-7-4-5-12(10-18)6-8-19/h9,12,19H,3-8,10H2,1-2H3,(H,15,16,17). The quantitative estimate of drug-likeness (QED) is 0.849. The molecule has 0 saturated carbocycles. The predicted molar refractivity (Wildman–Crippen MR) is 77.6 cm³/mol. The Morgan fingerprint density at radius 2 is 2.32 bits per heavy atom. The van der Waals surface area contributed by atoms with Crippen molar-refractivity contribution < 1.29 is 5.11 Å². The maximum Gasteiger partial charge on any atom is 0.134 e. The number of piperidine rings is 1. The summed E-state index contributed by atoms with van der Waals surface area (Å²) in [4.78, 5) is 11.3. The van der Waals surface area contributed by atoms with Gasteiger partial charge in [0.05, 0.1) is 0 Å². The van der Waals surface area contributed by atoms with Gasteiger partial charge >= 0.3 is 0 Å². The second kappa shape index (κ2) is 6.70. The van der Waals surface area contributed by atoms with Crippen molar-refractivity contribution in [1.29, 1.82) is 0 Å². The smallest absolute Gasteiger partial charge is 0.134 e. The van der Waals surface area contributed by atoms with Crippen LogP contribution in [0.3, 0.4) is 0 Å². The third-order valence-corrected chi connectivity index (χ3v) is 3.56. The van der Waals surface area contributed by atoms with Crippen LogP contribution >= 0.6 is 0 Å². The topological polar surface area (TPSA) is 61.3 Å². The average Bonchev–Trinajstić information content (AvgIpc) is 2.39. The first-order valence-electron chi connectivity index (χ1n) is 7.18. The van der Waals surface area contributed by atoms with Crippen molar-refractivity contribution in [2.45, 2.75) is 33.1 Å². The third-order valence-electron chi connectivity index (χ3n) is 3.56. The molecular weight excluding hydrogens is 240 g/mol. The fraction of sp³-hybridized carbons (Fsp3) is 0.714. The lowest BCUT2D eigenvalue weighted by Crippen LogP contribution is -2.36. The van der Waals surface area contributed by atoms with Crippen LogP contribution in [-0.4, -0.2) is 41.3 Å². The molecule has 2 rings (SSSR count). The second-order valence-electron chi connectivity index (χ2n) is 5.16. The van der Waals surface area contributed by atoms with Gasteiger partial charge in [-0.3, -0.25) is 0 Å². The highest BCUT2D eigenvalue weighted by molar-refractivity contribution is 5.49. The molecule has 0 spiro atoms. The monoisotopic (exact) mass is 264 g/mol. The van der Waals surface area contributed by atoms with Crippen LogP contribution in [0, 0.1) is 12.8 Å². The van der Waals surface area contributed by atoms with Gasteiger partial charge in [-0.25, -0.2) is 9.97 Å². The first-order chi connectivity index (χ1) is 9.22. The highest BCUT2D eigenvalue weighted by Gasteiger charge is 2.21. The van der Waals surface area contributed by atoms with Gasteiger partial charge < -0.3 is 15.3 Å². The molecule has 0 amide bonds. The molecule has 5 heteroatoms. The minimum atomic E-state index is 0.282. The van der Waals surface area contributed by atoms with E-state index in [0.29, 0.717) is 5.92 Å². The van der Waals surface area contributed by atoms with Crippen LogP contribution in [0.4, 0.5) is 11.6 Å². The predicted octanol–water partition coefficient (Wildman–Crippen LogP) is 1.82. The van der Waals surface area contributed by atoms with Gasteiger partial charge in [-0.1, -0.05) is 0 Å². The fourth-order valence-electron chi connectivity index (χ4n) is 2.68. The van der Waals surface area contributed by atoms with Gasteiger partial charge in [0.15, 0.2) is 0 Å². The molecule has 1 aliphatic heterocycles. The Kier molecular flexibility index (Phi) is 4.96. The van der Waals surface area contributed by atoms with E-state index in [-0.39, 0.29) is 6.61 Å². The molecule has 1 atom stereocenters. The minimum absolute atomic E-state index is 0.282. The van der Waals surface area contributed by atoms with Gasteiger partial charge in [0, 0.05) is 32.3 Å². The van der Waals surface area contributed by atoms with Gasteiger partial charge in [0.2, 0.25) is 0 Å². The van der Waals surface area contributed by atoms with Gasteiger partial charge in [-0.15, -0.1) is 0 Å². The molecule has 1 fully saturated rings. The summed E-state index contributed by atoms with van der Waals surface area (Å²) in [7, 11) is 0. The van der Waals surface area contributed by atoms with E-state index in [0.717, 1.165) is 43.5 Å². The highest BCUT2D eigenvalue weighted by Crippen LogP contribution is 2.24. The van der Waals surface area contributed by atoms with E-state index in [1.807, 2.05) is 13.0 Å². The number of hydrogen-bond acceptors (Lipinski definition) is 5. The second-order valence-corrected chi connectivity index (χ2v) is 5.16. The van der Waals surface area contributed by atoms with E-state index in [1.54, 1.807) is 0 Å². The van der Waals surface area contributed by atoms with Crippen LogP contribution < -0.4 is 10.2 Å².